The fourth-order valence-electron chi connectivity index (χ4n) is 15.7. The molecular weight excluding hydrogens is 2100 g/mol. The minimum absolute atomic E-state index is 0. The number of imidazole rings is 2. The first kappa shape index (κ1) is 129. The van der Waals surface area contributed by atoms with Gasteiger partial charge in [0.2, 0.25) is 0 Å². The Morgan fingerprint density at radius 1 is 0.440 bits per heavy atom. The van der Waals surface area contributed by atoms with Crippen LogP contribution in [0, 0.1) is 22.7 Å². The number of carbonyl (C=O) groups is 9. The maximum Gasteiger partial charge on any atom is 0.419 e. The second-order valence-electron chi connectivity index (χ2n) is 41.8. The van der Waals surface area contributed by atoms with E-state index in [0.29, 0.717) is 131 Å². The number of nitriles is 2. The van der Waals surface area contributed by atoms with Crippen LogP contribution in [0.2, 0.25) is 0 Å². The van der Waals surface area contributed by atoms with E-state index in [1.807, 2.05) is 53.7 Å². The summed E-state index contributed by atoms with van der Waals surface area (Å²) in [6, 6.07) is 14.1. The van der Waals surface area contributed by atoms with Crippen molar-refractivity contribution in [3.05, 3.63) is 83.7 Å². The number of nitrogens with one attached hydrogen (secondary N) is 1. The summed E-state index contributed by atoms with van der Waals surface area (Å²) in [7, 11) is 3.43. The van der Waals surface area contributed by atoms with Crippen molar-refractivity contribution in [3.63, 3.8) is 0 Å². The summed E-state index contributed by atoms with van der Waals surface area (Å²) in [5, 5.41) is 41.2. The number of hydrogen-bond acceptors (Lipinski definition) is 28. The monoisotopic (exact) mass is 2250 g/mol. The number of hydrogen-bond donors (Lipinski definition) is 3. The normalized spacial score (nSPS) is 16.8. The molecule has 0 bridgehead atoms. The number of rotatable bonds is 20. The third-order valence-electron chi connectivity index (χ3n) is 23.7. The predicted octanol–water partition coefficient (Wildman–Crippen LogP) is 19.4. The molecule has 6 aromatic rings. The van der Waals surface area contributed by atoms with Gasteiger partial charge in [0.05, 0.1) is 97.7 Å². The summed E-state index contributed by atoms with van der Waals surface area (Å²) in [5.74, 6) is -1.70. The van der Waals surface area contributed by atoms with Gasteiger partial charge in [-0.2, -0.15) is 36.9 Å². The fourth-order valence-corrected chi connectivity index (χ4v) is 15.9. The molecule has 47 heteroatoms. The number of ether oxygens (including phenoxy) is 10. The summed E-state index contributed by atoms with van der Waals surface area (Å²) in [5.41, 5.74) is -9.21. The number of pyridine rings is 2. The molecule has 0 radical (unpaired) electrons. The van der Waals surface area contributed by atoms with E-state index in [1.54, 1.807) is 128 Å². The van der Waals surface area contributed by atoms with Crippen LogP contribution < -0.4 is 14.8 Å². The second kappa shape index (κ2) is 56.5. The molecule has 6 fully saturated rings. The Morgan fingerprint density at radius 3 is 1.04 bits per heavy atom. The van der Waals surface area contributed by atoms with Crippen LogP contribution in [0.4, 0.5) is 67.9 Å². The zero-order chi connectivity index (χ0) is 112. The minimum atomic E-state index is -4.74. The Morgan fingerprint density at radius 2 is 0.740 bits per heavy atom. The molecule has 0 saturated carbocycles. The van der Waals surface area contributed by atoms with Gasteiger partial charge in [-0.1, -0.05) is 15.9 Å². The van der Waals surface area contributed by atoms with Gasteiger partial charge in [-0.3, -0.25) is 19.2 Å². The number of aliphatic hydroxyl groups excluding tert-OH is 1. The molecule has 6 saturated heterocycles. The Hall–Kier alpha value is -11.0. The van der Waals surface area contributed by atoms with Crippen LogP contribution in [0.1, 0.15) is 256 Å². The van der Waals surface area contributed by atoms with Crippen LogP contribution in [0.3, 0.4) is 0 Å². The van der Waals surface area contributed by atoms with Crippen molar-refractivity contribution in [2.45, 2.75) is 302 Å². The van der Waals surface area contributed by atoms with Gasteiger partial charge < -0.3 is 96.5 Å². The smallest absolute Gasteiger partial charge is 0.419 e. The quantitative estimate of drug-likeness (QED) is 0.0210. The van der Waals surface area contributed by atoms with Crippen LogP contribution in [0.5, 0.6) is 11.5 Å². The first-order valence-electron chi connectivity index (χ1n) is 49.5. The van der Waals surface area contributed by atoms with Crippen LogP contribution in [0.25, 0.3) is 44.6 Å². The Kier molecular flexibility index (Phi) is 48.8. The van der Waals surface area contributed by atoms with Crippen molar-refractivity contribution in [3.8, 4) is 46.2 Å². The van der Waals surface area contributed by atoms with E-state index in [0.717, 1.165) is 12.1 Å². The second-order valence-corrected chi connectivity index (χ2v) is 42.4. The van der Waals surface area contributed by atoms with E-state index in [1.165, 1.54) is 51.6 Å². The van der Waals surface area contributed by atoms with Crippen LogP contribution in [-0.2, 0) is 103 Å². The van der Waals surface area contributed by atoms with Crippen LogP contribution >= 0.6 is 15.9 Å². The number of aryl methyl sites for hydroxylation is 2. The van der Waals surface area contributed by atoms with Gasteiger partial charge in [-0.25, -0.2) is 61.5 Å². The molecule has 150 heavy (non-hydrogen) atoms. The summed E-state index contributed by atoms with van der Waals surface area (Å²) in [6.45, 7) is 36.9. The topological polar surface area (TPSA) is 424 Å². The molecule has 0 spiro atoms. The molecule has 4 aromatic heterocycles. The van der Waals surface area contributed by atoms with Gasteiger partial charge >= 0.3 is 60.7 Å². The Bertz CT molecular complexity index is 5450. The number of esters is 3. The molecule has 5 amide bonds. The van der Waals surface area contributed by atoms with Crippen molar-refractivity contribution in [1.29, 1.82) is 10.5 Å². The Balaban J connectivity index is 0.000000322. The third-order valence-corrected chi connectivity index (χ3v) is 24.1. The number of benzene rings is 2. The first-order chi connectivity index (χ1) is 69.1. The summed E-state index contributed by atoms with van der Waals surface area (Å²) in [6.07, 6.45) is -5.57. The number of halogens is 11. The largest absolute Gasteiger partial charge is 0.493 e. The molecule has 6 aliphatic heterocycles. The maximum absolute atomic E-state index is 15.4. The Labute approximate surface area is 890 Å². The zero-order valence-corrected chi connectivity index (χ0v) is 94.1. The molecule has 2 aromatic carbocycles. The molecule has 10 heterocycles. The summed E-state index contributed by atoms with van der Waals surface area (Å²) >= 11 is 2.94. The number of likely N-dealkylation sites (tertiary alicyclic amines) is 5. The van der Waals surface area contributed by atoms with E-state index in [2.05, 4.69) is 45.9 Å². The van der Waals surface area contributed by atoms with Crippen molar-refractivity contribution in [2.75, 3.05) is 124 Å². The number of amides is 5. The fraction of sp³-hybridized carbons (Fsp3) is 0.660. The summed E-state index contributed by atoms with van der Waals surface area (Å²) < 4.78 is 196. The van der Waals surface area contributed by atoms with E-state index in [4.69, 9.17) is 47.7 Å². The molecule has 6 aliphatic rings. The van der Waals surface area contributed by atoms with Gasteiger partial charge in [-0.05, 0) is 250 Å². The molecule has 0 unspecified atom stereocenters. The number of carbonyl (C=O) groups excluding carboxylic acids is 9. The van der Waals surface area contributed by atoms with E-state index in [9.17, 15) is 98.3 Å². The number of piperidine rings is 6. The summed E-state index contributed by atoms with van der Waals surface area (Å²) in [4.78, 5) is 127. The molecule has 12 rings (SSSR count). The number of ketones is 1. The number of Topliss-reactive ketones (excluding diaryl/α,β-unsaturated/α-hetero) is 1. The first-order valence-corrected chi connectivity index (χ1v) is 50.6. The van der Waals surface area contributed by atoms with Crippen LogP contribution in [0.15, 0.2) is 61.2 Å². The average Bonchev–Trinajstić information content (AvgIpc) is 1.55. The predicted molar refractivity (Wildman–Crippen MR) is 535 cm³/mol. The number of fused-ring (bicyclic) bond motifs is 2. The van der Waals surface area contributed by atoms with Gasteiger partial charge in [-0.15, -0.1) is 0 Å². The van der Waals surface area contributed by atoms with Crippen molar-refractivity contribution in [1.82, 2.24) is 58.9 Å². The molecule has 0 atom stereocenters. The van der Waals surface area contributed by atoms with Crippen molar-refractivity contribution in [2.24, 2.45) is 14.1 Å². The zero-order valence-electron chi connectivity index (χ0n) is 89.6. The maximum atomic E-state index is 15.4. The number of alkyl halides is 11. The third kappa shape index (κ3) is 43.6. The minimum Gasteiger partial charge on any atom is -0.493 e. The molecule has 35 nitrogen and oxygen atoms in total. The number of aliphatic hydroxyl groups is 2. The van der Waals surface area contributed by atoms with Gasteiger partial charge in [0.1, 0.15) is 96.5 Å². The van der Waals surface area contributed by atoms with Crippen molar-refractivity contribution >= 4 is 92.2 Å². The van der Waals surface area contributed by atoms with Gasteiger partial charge in [0, 0.05) is 149 Å². The van der Waals surface area contributed by atoms with E-state index in [-0.39, 0.29) is 212 Å². The molecule has 3 N–H and O–H groups in total. The van der Waals surface area contributed by atoms with Gasteiger partial charge in [0.25, 0.3) is 0 Å². The molecular formula is C103H145BrF10N14O21Zn. The van der Waals surface area contributed by atoms with Gasteiger partial charge in [0.15, 0.2) is 11.4 Å². The number of nitrogens with zero attached hydrogens (tertiary/aromatic N) is 13. The molecule has 832 valence electrons. The standard InChI is InChI=1S/C27H29F4N5O3.C22H21F4N5O.C14H24FNO4.C14H25NO5.C12H22FNO3.C10H17NO3.C4H7BrO2.Zn/c1-25(2,3)39-24(37)36-10-7-26(28,8-11-36)9-12-38-22-6-5-17(13-18(22)27(29,30)31)19-14-21-23(20(15-32)34-19)33-16-35(21)4;1-31-13-29-20-17(12-27)30-16(11-18(20)31)14-2-3-19(15(10-14)22(24,25)26)32-9-6-21(23)4-7-28-8-5-21;1-5-19-11(17)10-14(15)6-8-16(9-7-14)12(18)20-13(2,3)4;1-5-19-11(16)10-14(18)6-8-15(9-7-14)12(17)20-13(2,3)4;1-11(2,3)17-10(16)14-7-4-12(13,5-8-14)6-9-15;1-10(2,3)14-9(13)11-6-4-8(12)5-7-11;1-2-7-4(6)3-5;/h5-6,13-14,16H,7-12H2,1-4H3;2-3,10-11,13,28H,4-9H2,1H3;5-10H2,1-4H3;18H,5-10H2,1-4H3;15H,4-9H2,1-3H3;4-7H2,1-3H3;2-3H2,1H3;. The molecule has 0 aliphatic carbocycles. The van der Waals surface area contributed by atoms with E-state index >= 15 is 4.39 Å². The van der Waals surface area contributed by atoms with Crippen molar-refractivity contribution < 1.29 is 164 Å². The average molecular weight is 2250 g/mol. The van der Waals surface area contributed by atoms with E-state index < -0.39 is 110 Å². The SMILES string of the molecule is CC(C)(C)OC(=O)N1CCC(=O)CC1.CC(C)(C)OC(=O)N1CCC(F)(CCO)CC1.CCOC(=O)CBr.CCOC(=O)CC1(F)CCN(C(=O)OC(C)(C)C)CC1.CCOC(=O)CC1(O)CCN(C(=O)OC(C)(C)C)CC1.Cn1cnc2c(C#N)nc(-c3ccc(OCCC4(F)CCN(C(=O)OC(C)(C)C)CC4)c(C(F)(F)F)c3)cc21.Cn1cnc2c(C#N)nc(-c3ccc(OCCC4(F)CCNCC4)c(C(F)(F)F)c3)cc21.[Zn]. The van der Waals surface area contributed by atoms with Crippen LogP contribution in [-0.4, -0.2) is 298 Å². The number of aromatic nitrogens is 6.